The number of aromatic nitrogens is 4. The zero-order chi connectivity index (χ0) is 20.5. The lowest BCUT2D eigenvalue weighted by Gasteiger charge is -2.20. The molecule has 0 fully saturated rings. The second kappa shape index (κ2) is 7.90. The van der Waals surface area contributed by atoms with Gasteiger partial charge in [0.25, 0.3) is 5.78 Å². The second-order valence-corrected chi connectivity index (χ2v) is 8.33. The molecule has 5 nitrogen and oxygen atoms in total. The van der Waals surface area contributed by atoms with Gasteiger partial charge in [0.2, 0.25) is 0 Å². The number of nitrogens with zero attached hydrogens (tertiary/aromatic N) is 4. The van der Waals surface area contributed by atoms with Gasteiger partial charge in [-0.25, -0.2) is 4.98 Å². The summed E-state index contributed by atoms with van der Waals surface area (Å²) in [5.41, 5.74) is 7.49. The molecular weight excluding hydrogens is 370 g/mol. The Kier molecular flexibility index (Phi) is 4.95. The van der Waals surface area contributed by atoms with E-state index in [2.05, 4.69) is 67.7 Å². The Morgan fingerprint density at radius 3 is 2.23 bits per heavy atom. The zero-order valence-corrected chi connectivity index (χ0v) is 17.7. The predicted molar refractivity (Wildman–Crippen MR) is 120 cm³/mol. The number of anilines is 1. The topological polar surface area (TPSA) is 55.1 Å². The smallest absolute Gasteiger partial charge is 0.254 e. The number of hydrogen-bond donors (Lipinski definition) is 1. The quantitative estimate of drug-likeness (QED) is 0.524. The molecule has 2 aromatic heterocycles. The van der Waals surface area contributed by atoms with Crippen LogP contribution in [0, 0.1) is 13.8 Å². The molecule has 0 radical (unpaired) electrons. The maximum absolute atomic E-state index is 4.87. The molecule has 1 aliphatic rings. The van der Waals surface area contributed by atoms with Gasteiger partial charge >= 0.3 is 0 Å². The fourth-order valence-electron chi connectivity index (χ4n) is 4.12. The second-order valence-electron chi connectivity index (χ2n) is 8.33. The van der Waals surface area contributed by atoms with E-state index in [-0.39, 0.29) is 0 Å². The molecule has 1 aliphatic carbocycles. The summed E-state index contributed by atoms with van der Waals surface area (Å²) < 4.78 is 1.92. The molecule has 4 aromatic rings. The van der Waals surface area contributed by atoms with E-state index >= 15 is 0 Å². The van der Waals surface area contributed by atoms with Crippen molar-refractivity contribution in [1.29, 1.82) is 0 Å². The first-order chi connectivity index (χ1) is 14.7. The van der Waals surface area contributed by atoms with Gasteiger partial charge in [-0.2, -0.15) is 9.50 Å². The van der Waals surface area contributed by atoms with Gasteiger partial charge in [0.15, 0.2) is 5.82 Å². The van der Waals surface area contributed by atoms with Crippen molar-refractivity contribution in [3.05, 3.63) is 87.9 Å². The van der Waals surface area contributed by atoms with E-state index in [4.69, 9.17) is 15.1 Å². The lowest BCUT2D eigenvalue weighted by Crippen LogP contribution is -2.15. The maximum Gasteiger partial charge on any atom is 0.254 e. The maximum atomic E-state index is 4.87. The van der Waals surface area contributed by atoms with Gasteiger partial charge in [0.05, 0.1) is 5.69 Å². The van der Waals surface area contributed by atoms with Crippen LogP contribution in [-0.2, 0) is 25.8 Å². The van der Waals surface area contributed by atoms with Gasteiger partial charge < -0.3 is 5.32 Å². The molecular formula is C25H27N5. The van der Waals surface area contributed by atoms with Gasteiger partial charge in [-0.05, 0) is 50.7 Å². The number of benzene rings is 2. The SMILES string of the molecule is Cc1ccc(CNc2c3c(nc4nc(Cc5ccc(C)cc5)nn24)CCCC3)cc1. The van der Waals surface area contributed by atoms with Gasteiger partial charge in [0.1, 0.15) is 5.82 Å². The Morgan fingerprint density at radius 1 is 0.833 bits per heavy atom. The summed E-state index contributed by atoms with van der Waals surface area (Å²) in [5, 5.41) is 8.50. The van der Waals surface area contributed by atoms with Crippen LogP contribution in [0.1, 0.15) is 52.2 Å². The van der Waals surface area contributed by atoms with E-state index in [9.17, 15) is 0 Å². The molecule has 152 valence electrons. The van der Waals surface area contributed by atoms with Gasteiger partial charge in [0, 0.05) is 18.5 Å². The third-order valence-corrected chi connectivity index (χ3v) is 5.87. The molecule has 0 saturated heterocycles. The van der Waals surface area contributed by atoms with Crippen molar-refractivity contribution in [2.75, 3.05) is 5.32 Å². The lowest BCUT2D eigenvalue weighted by atomic mass is 9.96. The van der Waals surface area contributed by atoms with Crippen LogP contribution in [0.5, 0.6) is 0 Å². The monoisotopic (exact) mass is 397 g/mol. The van der Waals surface area contributed by atoms with E-state index in [1.165, 1.54) is 46.4 Å². The van der Waals surface area contributed by atoms with Crippen LogP contribution in [0.3, 0.4) is 0 Å². The van der Waals surface area contributed by atoms with Crippen LogP contribution in [0.25, 0.3) is 5.78 Å². The largest absolute Gasteiger partial charge is 0.366 e. The highest BCUT2D eigenvalue weighted by Crippen LogP contribution is 2.28. The van der Waals surface area contributed by atoms with Crippen molar-refractivity contribution >= 4 is 11.6 Å². The molecule has 0 aliphatic heterocycles. The Labute approximate surface area is 177 Å². The van der Waals surface area contributed by atoms with Crippen molar-refractivity contribution in [3.63, 3.8) is 0 Å². The van der Waals surface area contributed by atoms with Crippen molar-refractivity contribution < 1.29 is 0 Å². The summed E-state index contributed by atoms with van der Waals surface area (Å²) in [7, 11) is 0. The number of rotatable bonds is 5. The van der Waals surface area contributed by atoms with Crippen molar-refractivity contribution in [2.24, 2.45) is 0 Å². The average molecular weight is 398 g/mol. The minimum absolute atomic E-state index is 0.698. The third-order valence-electron chi connectivity index (χ3n) is 5.87. The van der Waals surface area contributed by atoms with E-state index in [1.54, 1.807) is 0 Å². The van der Waals surface area contributed by atoms with E-state index in [0.717, 1.165) is 31.0 Å². The Bertz CT molecular complexity index is 1170. The molecule has 0 unspecified atom stereocenters. The number of hydrogen-bond acceptors (Lipinski definition) is 4. The standard InChI is InChI=1S/C25H27N5/c1-17-7-11-19(12-8-17)15-23-28-25-27-22-6-4-3-5-21(22)24(30(25)29-23)26-16-20-13-9-18(2)10-14-20/h7-14,26H,3-6,15-16H2,1-2H3. The van der Waals surface area contributed by atoms with Crippen LogP contribution in [-0.4, -0.2) is 19.6 Å². The Balaban J connectivity index is 1.50. The molecule has 0 amide bonds. The molecule has 5 heteroatoms. The fourth-order valence-corrected chi connectivity index (χ4v) is 4.12. The van der Waals surface area contributed by atoms with Crippen molar-refractivity contribution in [1.82, 2.24) is 19.6 Å². The molecule has 0 atom stereocenters. The summed E-state index contributed by atoms with van der Waals surface area (Å²) in [4.78, 5) is 9.64. The minimum atomic E-state index is 0.698. The lowest BCUT2D eigenvalue weighted by molar-refractivity contribution is 0.660. The predicted octanol–water partition coefficient (Wildman–Crippen LogP) is 4.82. The summed E-state index contributed by atoms with van der Waals surface area (Å²) >= 11 is 0. The molecule has 0 bridgehead atoms. The van der Waals surface area contributed by atoms with Crippen molar-refractivity contribution in [2.45, 2.75) is 52.5 Å². The molecule has 2 heterocycles. The van der Waals surface area contributed by atoms with Crippen LogP contribution in [0.4, 0.5) is 5.82 Å². The Hall–Kier alpha value is -3.21. The highest BCUT2D eigenvalue weighted by atomic mass is 15.4. The van der Waals surface area contributed by atoms with Crippen LogP contribution in [0.15, 0.2) is 48.5 Å². The van der Waals surface area contributed by atoms with Crippen LogP contribution in [0.2, 0.25) is 0 Å². The third kappa shape index (κ3) is 3.80. The molecule has 0 spiro atoms. The van der Waals surface area contributed by atoms with Crippen LogP contribution < -0.4 is 5.32 Å². The first kappa shape index (κ1) is 18.8. The number of fused-ring (bicyclic) bond motifs is 2. The van der Waals surface area contributed by atoms with Crippen molar-refractivity contribution in [3.8, 4) is 0 Å². The minimum Gasteiger partial charge on any atom is -0.366 e. The normalized spacial score (nSPS) is 13.4. The summed E-state index contributed by atoms with van der Waals surface area (Å²) in [6.07, 6.45) is 5.17. The fraction of sp³-hybridized carbons (Fsp3) is 0.320. The highest BCUT2D eigenvalue weighted by molar-refractivity contribution is 5.54. The highest BCUT2D eigenvalue weighted by Gasteiger charge is 2.20. The first-order valence-electron chi connectivity index (χ1n) is 10.8. The molecule has 0 saturated carbocycles. The summed E-state index contributed by atoms with van der Waals surface area (Å²) in [5.74, 6) is 2.56. The summed E-state index contributed by atoms with van der Waals surface area (Å²) in [6, 6.07) is 17.2. The van der Waals surface area contributed by atoms with Gasteiger partial charge in [-0.1, -0.05) is 59.7 Å². The Morgan fingerprint density at radius 2 is 1.50 bits per heavy atom. The van der Waals surface area contributed by atoms with E-state index < -0.39 is 0 Å². The molecule has 1 N–H and O–H groups in total. The molecule has 5 rings (SSSR count). The van der Waals surface area contributed by atoms with E-state index in [1.807, 2.05) is 4.52 Å². The van der Waals surface area contributed by atoms with Gasteiger partial charge in [-0.15, -0.1) is 5.10 Å². The summed E-state index contributed by atoms with van der Waals surface area (Å²) in [6.45, 7) is 4.98. The van der Waals surface area contributed by atoms with Gasteiger partial charge in [-0.3, -0.25) is 0 Å². The van der Waals surface area contributed by atoms with Crippen LogP contribution >= 0.6 is 0 Å². The molecule has 2 aromatic carbocycles. The van der Waals surface area contributed by atoms with E-state index in [0.29, 0.717) is 12.2 Å². The molecule has 30 heavy (non-hydrogen) atoms. The number of aryl methyl sites for hydroxylation is 3. The average Bonchev–Trinajstić information content (AvgIpc) is 3.16. The zero-order valence-electron chi connectivity index (χ0n) is 17.7. The number of nitrogens with one attached hydrogen (secondary N) is 1. The first-order valence-corrected chi connectivity index (χ1v) is 10.8.